The van der Waals surface area contributed by atoms with Gasteiger partial charge in [0.25, 0.3) is 11.8 Å². The average molecular weight is 490 g/mol. The molecule has 5 rings (SSSR count). The molecule has 2 aromatic carbocycles. The number of carbonyl (C=O) groups is 3. The van der Waals surface area contributed by atoms with Gasteiger partial charge in [-0.2, -0.15) is 5.10 Å². The molecule has 3 heterocycles. The number of ether oxygens (including phenoxy) is 1. The minimum Gasteiger partial charge on any atom is -0.496 e. The zero-order valence-corrected chi connectivity index (χ0v) is 19.8. The van der Waals surface area contributed by atoms with Gasteiger partial charge in [0.1, 0.15) is 5.75 Å². The molecule has 1 aliphatic heterocycles. The molecule has 0 bridgehead atoms. The molecule has 3 amide bonds. The second-order valence-corrected chi connectivity index (χ2v) is 9.27. The number of rotatable bonds is 6. The van der Waals surface area contributed by atoms with Gasteiger partial charge in [0.05, 0.1) is 35.8 Å². The Balaban J connectivity index is 1.21. The lowest BCUT2D eigenvalue weighted by Gasteiger charge is -2.27. The lowest BCUT2D eigenvalue weighted by molar-refractivity contribution is -0.131. The molecule has 1 aliphatic rings. The molecular weight excluding hydrogens is 466 g/mol. The Hall–Kier alpha value is -4.18. The van der Waals surface area contributed by atoms with E-state index in [0.717, 1.165) is 27.0 Å². The Morgan fingerprint density at radius 1 is 1.14 bits per heavy atom. The average Bonchev–Trinajstić information content (AvgIpc) is 3.52. The summed E-state index contributed by atoms with van der Waals surface area (Å²) in [4.78, 5) is 41.7. The Kier molecular flexibility index (Phi) is 6.19. The third kappa shape index (κ3) is 4.73. The van der Waals surface area contributed by atoms with Gasteiger partial charge in [-0.15, -0.1) is 11.3 Å². The standard InChI is InChI=1S/C25H23N5O4S/c1-34-20-11-19-15(12-27-29-19)9-18(20)24(32)26-13-23(31)30-8-7-21-16(14-30)10-22(35-21)25(33)28-17-5-3-2-4-6-17/h2-6,9-12H,7-8,13-14H2,1H3,(H,26,32)(H,27,29)(H,28,33). The van der Waals surface area contributed by atoms with Crippen molar-refractivity contribution in [3.05, 3.63) is 75.6 Å². The number of anilines is 1. The van der Waals surface area contributed by atoms with Gasteiger partial charge in [-0.3, -0.25) is 19.5 Å². The minimum absolute atomic E-state index is 0.133. The number of aromatic amines is 1. The Labute approximate surface area is 205 Å². The van der Waals surface area contributed by atoms with Crippen molar-refractivity contribution in [1.29, 1.82) is 0 Å². The number of amides is 3. The lowest BCUT2D eigenvalue weighted by Crippen LogP contribution is -2.42. The van der Waals surface area contributed by atoms with Crippen LogP contribution in [0.15, 0.2) is 54.7 Å². The van der Waals surface area contributed by atoms with E-state index in [2.05, 4.69) is 20.8 Å². The van der Waals surface area contributed by atoms with E-state index in [4.69, 9.17) is 4.74 Å². The summed E-state index contributed by atoms with van der Waals surface area (Å²) < 4.78 is 5.33. The zero-order chi connectivity index (χ0) is 24.4. The second-order valence-electron chi connectivity index (χ2n) is 8.14. The number of methoxy groups -OCH3 is 1. The molecular formula is C25H23N5O4S. The van der Waals surface area contributed by atoms with Crippen LogP contribution in [0.25, 0.3) is 10.9 Å². The summed E-state index contributed by atoms with van der Waals surface area (Å²) in [7, 11) is 1.49. The van der Waals surface area contributed by atoms with Crippen LogP contribution in [0.4, 0.5) is 5.69 Å². The van der Waals surface area contributed by atoms with E-state index in [1.807, 2.05) is 36.4 Å². The molecule has 10 heteroatoms. The SMILES string of the molecule is COc1cc2[nH]ncc2cc1C(=O)NCC(=O)N1CCc2sc(C(=O)Nc3ccccc3)cc2C1. The molecule has 0 saturated heterocycles. The van der Waals surface area contributed by atoms with Gasteiger partial charge in [0, 0.05) is 35.1 Å². The van der Waals surface area contributed by atoms with Crippen molar-refractivity contribution in [2.75, 3.05) is 25.5 Å². The van der Waals surface area contributed by atoms with E-state index >= 15 is 0 Å². The van der Waals surface area contributed by atoms with Gasteiger partial charge in [-0.05, 0) is 36.2 Å². The van der Waals surface area contributed by atoms with Gasteiger partial charge in [-0.1, -0.05) is 18.2 Å². The normalized spacial score (nSPS) is 12.8. The Bertz CT molecular complexity index is 1410. The third-order valence-corrected chi connectivity index (χ3v) is 7.12. The first-order valence-electron chi connectivity index (χ1n) is 11.1. The number of thiophene rings is 1. The van der Waals surface area contributed by atoms with Crippen molar-refractivity contribution >= 4 is 45.6 Å². The molecule has 4 aromatic rings. The highest BCUT2D eigenvalue weighted by molar-refractivity contribution is 7.14. The Morgan fingerprint density at radius 2 is 1.97 bits per heavy atom. The molecule has 178 valence electrons. The molecule has 0 spiro atoms. The third-order valence-electron chi connectivity index (χ3n) is 5.88. The van der Waals surface area contributed by atoms with Gasteiger partial charge < -0.3 is 20.3 Å². The van der Waals surface area contributed by atoms with Crippen LogP contribution in [-0.2, 0) is 17.8 Å². The first kappa shape index (κ1) is 22.6. The molecule has 0 aliphatic carbocycles. The summed E-state index contributed by atoms with van der Waals surface area (Å²) in [6.07, 6.45) is 2.29. The number of nitrogens with one attached hydrogen (secondary N) is 3. The number of carbonyl (C=O) groups excluding carboxylic acids is 3. The van der Waals surface area contributed by atoms with E-state index < -0.39 is 5.91 Å². The number of fused-ring (bicyclic) bond motifs is 2. The van der Waals surface area contributed by atoms with Gasteiger partial charge in [0.2, 0.25) is 5.91 Å². The van der Waals surface area contributed by atoms with Crippen molar-refractivity contribution in [3.63, 3.8) is 0 Å². The van der Waals surface area contributed by atoms with E-state index in [0.29, 0.717) is 35.7 Å². The molecule has 0 radical (unpaired) electrons. The summed E-state index contributed by atoms with van der Waals surface area (Å²) in [5.74, 6) is -0.349. The number of H-pyrrole nitrogens is 1. The molecule has 0 atom stereocenters. The van der Waals surface area contributed by atoms with Crippen LogP contribution in [0.5, 0.6) is 5.75 Å². The van der Waals surface area contributed by atoms with Crippen molar-refractivity contribution in [2.24, 2.45) is 0 Å². The highest BCUT2D eigenvalue weighted by Gasteiger charge is 2.25. The summed E-state index contributed by atoms with van der Waals surface area (Å²) in [6.45, 7) is 0.807. The van der Waals surface area contributed by atoms with Crippen molar-refractivity contribution < 1.29 is 19.1 Å². The maximum Gasteiger partial charge on any atom is 0.265 e. The fraction of sp³-hybridized carbons (Fsp3) is 0.200. The van der Waals surface area contributed by atoms with Crippen LogP contribution >= 0.6 is 11.3 Å². The maximum absolute atomic E-state index is 12.8. The largest absolute Gasteiger partial charge is 0.496 e. The van der Waals surface area contributed by atoms with Crippen LogP contribution in [-0.4, -0.2) is 53.0 Å². The highest BCUT2D eigenvalue weighted by Crippen LogP contribution is 2.29. The monoisotopic (exact) mass is 489 g/mol. The fourth-order valence-electron chi connectivity index (χ4n) is 4.05. The van der Waals surface area contributed by atoms with Crippen molar-refractivity contribution in [1.82, 2.24) is 20.4 Å². The quantitative estimate of drug-likeness (QED) is 0.385. The molecule has 9 nitrogen and oxygen atoms in total. The van der Waals surface area contributed by atoms with Crippen LogP contribution in [0, 0.1) is 0 Å². The van der Waals surface area contributed by atoms with Crippen LogP contribution in [0.2, 0.25) is 0 Å². The molecule has 2 aromatic heterocycles. The van der Waals surface area contributed by atoms with E-state index in [1.165, 1.54) is 18.4 Å². The molecule has 3 N–H and O–H groups in total. The number of aromatic nitrogens is 2. The summed E-state index contributed by atoms with van der Waals surface area (Å²) in [5, 5.41) is 13.2. The number of nitrogens with zero attached hydrogens (tertiary/aromatic N) is 2. The summed E-state index contributed by atoms with van der Waals surface area (Å²) in [5.41, 5.74) is 2.79. The fourth-order valence-corrected chi connectivity index (χ4v) is 5.11. The van der Waals surface area contributed by atoms with E-state index in [-0.39, 0.29) is 18.4 Å². The van der Waals surface area contributed by atoms with Crippen LogP contribution < -0.4 is 15.4 Å². The molecule has 35 heavy (non-hydrogen) atoms. The maximum atomic E-state index is 12.8. The lowest BCUT2D eigenvalue weighted by atomic mass is 10.1. The number of para-hydroxylation sites is 1. The predicted molar refractivity (Wildman–Crippen MR) is 133 cm³/mol. The summed E-state index contributed by atoms with van der Waals surface area (Å²) in [6, 6.07) is 14.5. The number of hydrogen-bond donors (Lipinski definition) is 3. The predicted octanol–water partition coefficient (Wildman–Crippen LogP) is 3.20. The molecule has 0 unspecified atom stereocenters. The molecule has 0 saturated carbocycles. The molecule has 0 fully saturated rings. The van der Waals surface area contributed by atoms with Crippen LogP contribution in [0.1, 0.15) is 30.5 Å². The van der Waals surface area contributed by atoms with Crippen LogP contribution in [0.3, 0.4) is 0 Å². The minimum atomic E-state index is -0.397. The van der Waals surface area contributed by atoms with E-state index in [1.54, 1.807) is 23.2 Å². The van der Waals surface area contributed by atoms with Crippen molar-refractivity contribution in [2.45, 2.75) is 13.0 Å². The van der Waals surface area contributed by atoms with E-state index in [9.17, 15) is 14.4 Å². The van der Waals surface area contributed by atoms with Gasteiger partial charge >= 0.3 is 0 Å². The zero-order valence-electron chi connectivity index (χ0n) is 19.0. The number of benzene rings is 2. The highest BCUT2D eigenvalue weighted by atomic mass is 32.1. The first-order chi connectivity index (χ1) is 17.0. The smallest absolute Gasteiger partial charge is 0.265 e. The van der Waals surface area contributed by atoms with Gasteiger partial charge in [-0.25, -0.2) is 0 Å². The topological polar surface area (TPSA) is 116 Å². The van der Waals surface area contributed by atoms with Gasteiger partial charge in [0.15, 0.2) is 0 Å². The Morgan fingerprint density at radius 3 is 2.77 bits per heavy atom. The first-order valence-corrected chi connectivity index (χ1v) is 11.9. The summed E-state index contributed by atoms with van der Waals surface area (Å²) >= 11 is 1.46. The van der Waals surface area contributed by atoms with Crippen molar-refractivity contribution in [3.8, 4) is 5.75 Å². The second kappa shape index (κ2) is 9.59. The number of hydrogen-bond acceptors (Lipinski definition) is 6.